The molecule has 1 unspecified atom stereocenters. The van der Waals surface area contributed by atoms with Gasteiger partial charge in [0.15, 0.2) is 0 Å². The minimum Gasteiger partial charge on any atom is -0.480 e. The molecule has 0 aliphatic heterocycles. The summed E-state index contributed by atoms with van der Waals surface area (Å²) in [6.45, 7) is 1.85. The second-order valence-electron chi connectivity index (χ2n) is 3.77. The number of nitrogens with one attached hydrogen (secondary N) is 1. The van der Waals surface area contributed by atoms with E-state index in [4.69, 9.17) is 9.52 Å². The Morgan fingerprint density at radius 2 is 2.29 bits per heavy atom. The molecule has 6 nitrogen and oxygen atoms in total. The number of carbonyl (C=O) groups excluding carboxylic acids is 1. The van der Waals surface area contributed by atoms with Gasteiger partial charge in [-0.05, 0) is 19.1 Å². The zero-order chi connectivity index (χ0) is 12.8. The van der Waals surface area contributed by atoms with E-state index >= 15 is 0 Å². The topological polar surface area (TPSA) is 82.8 Å². The van der Waals surface area contributed by atoms with Crippen LogP contribution in [-0.4, -0.2) is 41.5 Å². The van der Waals surface area contributed by atoms with E-state index in [0.29, 0.717) is 12.3 Å². The Balaban J connectivity index is 2.34. The Morgan fingerprint density at radius 1 is 1.59 bits per heavy atom. The van der Waals surface area contributed by atoms with E-state index in [2.05, 4.69) is 5.32 Å². The molecule has 0 aliphatic rings. The second kappa shape index (κ2) is 6.05. The molecule has 0 fully saturated rings. The van der Waals surface area contributed by atoms with E-state index in [0.717, 1.165) is 0 Å². The third kappa shape index (κ3) is 4.28. The van der Waals surface area contributed by atoms with Crippen LogP contribution in [0.2, 0.25) is 0 Å². The Morgan fingerprint density at radius 3 is 2.82 bits per heavy atom. The Hall–Kier alpha value is -1.82. The van der Waals surface area contributed by atoms with Crippen LogP contribution in [0.25, 0.3) is 0 Å². The predicted octanol–water partition coefficient (Wildman–Crippen LogP) is 0.301. The number of carboxylic acid groups (broad SMARTS) is 1. The largest absolute Gasteiger partial charge is 0.480 e. The summed E-state index contributed by atoms with van der Waals surface area (Å²) < 4.78 is 5.11. The molecule has 1 aromatic heterocycles. The molecule has 0 aliphatic carbocycles. The summed E-state index contributed by atoms with van der Waals surface area (Å²) in [5, 5.41) is 11.3. The maximum absolute atomic E-state index is 11.6. The molecule has 0 aromatic carbocycles. The molecule has 1 amide bonds. The fourth-order valence-electron chi connectivity index (χ4n) is 1.19. The predicted molar refractivity (Wildman–Crippen MR) is 60.3 cm³/mol. The molecule has 17 heavy (non-hydrogen) atoms. The summed E-state index contributed by atoms with van der Waals surface area (Å²) in [4.78, 5) is 23.6. The second-order valence-corrected chi connectivity index (χ2v) is 3.77. The van der Waals surface area contributed by atoms with Gasteiger partial charge in [0.25, 0.3) is 0 Å². The first kappa shape index (κ1) is 13.2. The molecule has 94 valence electrons. The molecule has 1 atom stereocenters. The molecular formula is C11H16N2O4. The fraction of sp³-hybridized carbons (Fsp3) is 0.455. The molecular weight excluding hydrogens is 224 g/mol. The number of hydrogen-bond donors (Lipinski definition) is 2. The maximum atomic E-state index is 11.6. The minimum atomic E-state index is -0.980. The van der Waals surface area contributed by atoms with E-state index < -0.39 is 12.0 Å². The van der Waals surface area contributed by atoms with Gasteiger partial charge in [-0.1, -0.05) is 0 Å². The van der Waals surface area contributed by atoms with Gasteiger partial charge in [0.2, 0.25) is 5.91 Å². The van der Waals surface area contributed by atoms with Crippen LogP contribution in [0, 0.1) is 0 Å². The molecule has 6 heteroatoms. The van der Waals surface area contributed by atoms with Crippen molar-refractivity contribution in [3.05, 3.63) is 24.2 Å². The molecule has 0 bridgehead atoms. The smallest absolute Gasteiger partial charge is 0.320 e. The van der Waals surface area contributed by atoms with Crippen LogP contribution in [0.1, 0.15) is 12.7 Å². The monoisotopic (exact) mass is 240 g/mol. The van der Waals surface area contributed by atoms with Gasteiger partial charge >= 0.3 is 5.97 Å². The van der Waals surface area contributed by atoms with Crippen molar-refractivity contribution in [2.45, 2.75) is 19.5 Å². The zero-order valence-electron chi connectivity index (χ0n) is 9.84. The lowest BCUT2D eigenvalue weighted by Crippen LogP contribution is -2.41. The summed E-state index contributed by atoms with van der Waals surface area (Å²) in [6, 6.07) is 2.78. The zero-order valence-corrected chi connectivity index (χ0v) is 9.84. The van der Waals surface area contributed by atoms with Crippen molar-refractivity contribution in [1.82, 2.24) is 10.2 Å². The number of rotatable bonds is 6. The number of carboxylic acids is 1. The number of likely N-dealkylation sites (N-methyl/N-ethyl adjacent to an activating group) is 1. The first-order valence-electron chi connectivity index (χ1n) is 5.23. The third-order valence-corrected chi connectivity index (χ3v) is 2.33. The fourth-order valence-corrected chi connectivity index (χ4v) is 1.19. The van der Waals surface area contributed by atoms with Crippen LogP contribution < -0.4 is 5.32 Å². The maximum Gasteiger partial charge on any atom is 0.320 e. The van der Waals surface area contributed by atoms with Crippen LogP contribution in [0.5, 0.6) is 0 Å². The van der Waals surface area contributed by atoms with Gasteiger partial charge in [-0.2, -0.15) is 0 Å². The highest BCUT2D eigenvalue weighted by molar-refractivity contribution is 5.79. The number of aliphatic carboxylic acids is 1. The van der Waals surface area contributed by atoms with Crippen molar-refractivity contribution in [3.8, 4) is 0 Å². The van der Waals surface area contributed by atoms with Crippen molar-refractivity contribution >= 4 is 11.9 Å². The Bertz CT molecular complexity index is 375. The van der Waals surface area contributed by atoms with E-state index in [1.165, 1.54) is 11.8 Å². The molecule has 1 aromatic rings. The molecule has 0 spiro atoms. The van der Waals surface area contributed by atoms with E-state index in [-0.39, 0.29) is 12.5 Å². The highest BCUT2D eigenvalue weighted by Crippen LogP contribution is 2.03. The molecule has 2 N–H and O–H groups in total. The Labute approximate surface area is 99.2 Å². The van der Waals surface area contributed by atoms with Crippen LogP contribution in [0.3, 0.4) is 0 Å². The minimum absolute atomic E-state index is 0.00925. The highest BCUT2D eigenvalue weighted by atomic mass is 16.4. The lowest BCUT2D eigenvalue weighted by atomic mass is 10.3. The number of carbonyl (C=O) groups is 2. The van der Waals surface area contributed by atoms with E-state index in [9.17, 15) is 9.59 Å². The molecule has 1 heterocycles. The number of amides is 1. The summed E-state index contributed by atoms with van der Waals surface area (Å²) in [5.74, 6) is -0.479. The number of hydrogen-bond acceptors (Lipinski definition) is 4. The van der Waals surface area contributed by atoms with Gasteiger partial charge in [0.1, 0.15) is 11.8 Å². The summed E-state index contributed by atoms with van der Waals surface area (Å²) in [7, 11) is 1.64. The highest BCUT2D eigenvalue weighted by Gasteiger charge is 2.14. The average Bonchev–Trinajstić information content (AvgIpc) is 2.77. The lowest BCUT2D eigenvalue weighted by Gasteiger charge is -2.17. The molecule has 0 saturated heterocycles. The van der Waals surface area contributed by atoms with Gasteiger partial charge in [-0.25, -0.2) is 0 Å². The summed E-state index contributed by atoms with van der Waals surface area (Å²) in [5.41, 5.74) is 0. The van der Waals surface area contributed by atoms with Gasteiger partial charge in [0.05, 0.1) is 19.4 Å². The van der Waals surface area contributed by atoms with Gasteiger partial charge in [-0.15, -0.1) is 0 Å². The van der Waals surface area contributed by atoms with Gasteiger partial charge < -0.3 is 14.4 Å². The number of furan rings is 1. The lowest BCUT2D eigenvalue weighted by molar-refractivity contribution is -0.139. The molecule has 1 rings (SSSR count). The van der Waals surface area contributed by atoms with Crippen LogP contribution >= 0.6 is 0 Å². The van der Waals surface area contributed by atoms with Crippen molar-refractivity contribution in [3.63, 3.8) is 0 Å². The van der Waals surface area contributed by atoms with Crippen molar-refractivity contribution < 1.29 is 19.1 Å². The standard InChI is InChI=1S/C11H16N2O4/c1-8(11(15)16)12-6-10(14)13(2)7-9-4-3-5-17-9/h3-5,8,12H,6-7H2,1-2H3,(H,15,16). The molecule has 0 saturated carbocycles. The van der Waals surface area contributed by atoms with Crippen molar-refractivity contribution in [2.24, 2.45) is 0 Å². The molecule has 0 radical (unpaired) electrons. The van der Waals surface area contributed by atoms with Gasteiger partial charge in [0, 0.05) is 7.05 Å². The third-order valence-electron chi connectivity index (χ3n) is 2.33. The van der Waals surface area contributed by atoms with Crippen LogP contribution in [0.4, 0.5) is 0 Å². The summed E-state index contributed by atoms with van der Waals surface area (Å²) in [6.07, 6.45) is 1.54. The van der Waals surface area contributed by atoms with Crippen molar-refractivity contribution in [2.75, 3.05) is 13.6 Å². The van der Waals surface area contributed by atoms with Crippen molar-refractivity contribution in [1.29, 1.82) is 0 Å². The normalized spacial score (nSPS) is 12.1. The first-order valence-corrected chi connectivity index (χ1v) is 5.23. The Kier molecular flexibility index (Phi) is 4.71. The SMILES string of the molecule is CC(NCC(=O)N(C)Cc1ccco1)C(=O)O. The van der Waals surface area contributed by atoms with Crippen LogP contribution in [-0.2, 0) is 16.1 Å². The van der Waals surface area contributed by atoms with E-state index in [1.54, 1.807) is 25.4 Å². The summed E-state index contributed by atoms with van der Waals surface area (Å²) >= 11 is 0. The van der Waals surface area contributed by atoms with E-state index in [1.807, 2.05) is 0 Å². The average molecular weight is 240 g/mol. The number of nitrogens with zero attached hydrogens (tertiary/aromatic N) is 1. The van der Waals surface area contributed by atoms with Gasteiger partial charge in [-0.3, -0.25) is 14.9 Å². The quantitative estimate of drug-likeness (QED) is 0.747. The van der Waals surface area contributed by atoms with Crippen LogP contribution in [0.15, 0.2) is 22.8 Å². The first-order chi connectivity index (χ1) is 8.00.